The van der Waals surface area contributed by atoms with Crippen LogP contribution in [-0.2, 0) is 4.79 Å². The molecule has 0 saturated heterocycles. The number of nitrogens with one attached hydrogen (secondary N) is 2. The summed E-state index contributed by atoms with van der Waals surface area (Å²) in [6.07, 6.45) is 0. The van der Waals surface area contributed by atoms with E-state index >= 15 is 0 Å². The van der Waals surface area contributed by atoms with E-state index in [2.05, 4.69) is 10.6 Å². The van der Waals surface area contributed by atoms with Gasteiger partial charge in [-0.3, -0.25) is 4.79 Å². The van der Waals surface area contributed by atoms with Crippen molar-refractivity contribution in [3.05, 3.63) is 24.3 Å². The molecule has 5 nitrogen and oxygen atoms in total. The molecule has 0 radical (unpaired) electrons. The predicted molar refractivity (Wildman–Crippen MR) is 74.6 cm³/mol. The highest BCUT2D eigenvalue weighted by Crippen LogP contribution is 2.16. The zero-order valence-electron chi connectivity index (χ0n) is 11.7. The SMILES string of the molecule is COc1ccc(OCCNCC(=O)NC(C)C)cc1. The summed E-state index contributed by atoms with van der Waals surface area (Å²) in [5.74, 6) is 1.59. The number of rotatable bonds is 8. The Bertz CT molecular complexity index is 377. The molecule has 0 aliphatic heterocycles. The van der Waals surface area contributed by atoms with Gasteiger partial charge in [0.15, 0.2) is 0 Å². The molecule has 0 atom stereocenters. The first-order chi connectivity index (χ1) is 9.11. The summed E-state index contributed by atoms with van der Waals surface area (Å²) in [5, 5.41) is 5.83. The fourth-order valence-corrected chi connectivity index (χ4v) is 1.49. The van der Waals surface area contributed by atoms with Gasteiger partial charge in [-0.15, -0.1) is 0 Å². The van der Waals surface area contributed by atoms with Crippen molar-refractivity contribution in [1.29, 1.82) is 0 Å². The largest absolute Gasteiger partial charge is 0.497 e. The van der Waals surface area contributed by atoms with Crippen molar-refractivity contribution < 1.29 is 14.3 Å². The van der Waals surface area contributed by atoms with Gasteiger partial charge in [-0.2, -0.15) is 0 Å². The third-order valence-corrected chi connectivity index (χ3v) is 2.34. The minimum absolute atomic E-state index is 0.000512. The molecule has 1 amide bonds. The number of benzene rings is 1. The molecule has 0 aromatic heterocycles. The summed E-state index contributed by atoms with van der Waals surface area (Å²) in [7, 11) is 1.63. The van der Waals surface area contributed by atoms with Gasteiger partial charge in [0.25, 0.3) is 0 Å². The second kappa shape index (κ2) is 8.37. The van der Waals surface area contributed by atoms with E-state index in [1.807, 2.05) is 38.1 Å². The number of amides is 1. The normalized spacial score (nSPS) is 10.3. The molecular weight excluding hydrogens is 244 g/mol. The summed E-state index contributed by atoms with van der Waals surface area (Å²) in [5.41, 5.74) is 0. The third-order valence-electron chi connectivity index (χ3n) is 2.34. The Balaban J connectivity index is 2.11. The maximum atomic E-state index is 11.3. The van der Waals surface area contributed by atoms with E-state index in [0.29, 0.717) is 19.7 Å². The first kappa shape index (κ1) is 15.3. The van der Waals surface area contributed by atoms with Crippen LogP contribution in [0.2, 0.25) is 0 Å². The second-order valence-electron chi connectivity index (χ2n) is 4.42. The first-order valence-corrected chi connectivity index (χ1v) is 6.38. The van der Waals surface area contributed by atoms with Crippen molar-refractivity contribution in [3.63, 3.8) is 0 Å². The molecule has 1 aromatic carbocycles. The number of methoxy groups -OCH3 is 1. The number of hydrogen-bond acceptors (Lipinski definition) is 4. The zero-order valence-corrected chi connectivity index (χ0v) is 11.7. The molecule has 0 aliphatic carbocycles. The molecule has 2 N–H and O–H groups in total. The second-order valence-corrected chi connectivity index (χ2v) is 4.42. The van der Waals surface area contributed by atoms with E-state index in [-0.39, 0.29) is 11.9 Å². The van der Waals surface area contributed by atoms with Gasteiger partial charge in [0.2, 0.25) is 5.91 Å². The molecule has 0 bridgehead atoms. The number of ether oxygens (including phenoxy) is 2. The van der Waals surface area contributed by atoms with E-state index in [0.717, 1.165) is 11.5 Å². The van der Waals surface area contributed by atoms with Crippen LogP contribution in [0, 0.1) is 0 Å². The van der Waals surface area contributed by atoms with Crippen molar-refractivity contribution >= 4 is 5.91 Å². The number of carbonyl (C=O) groups excluding carboxylic acids is 1. The topological polar surface area (TPSA) is 59.6 Å². The lowest BCUT2D eigenvalue weighted by molar-refractivity contribution is -0.120. The average molecular weight is 266 g/mol. The molecule has 106 valence electrons. The molecule has 0 aliphatic rings. The highest BCUT2D eigenvalue weighted by molar-refractivity contribution is 5.78. The molecule has 0 fully saturated rings. The van der Waals surface area contributed by atoms with Gasteiger partial charge in [0, 0.05) is 12.6 Å². The van der Waals surface area contributed by atoms with Gasteiger partial charge < -0.3 is 20.1 Å². The average Bonchev–Trinajstić information content (AvgIpc) is 2.38. The van der Waals surface area contributed by atoms with Gasteiger partial charge in [-0.25, -0.2) is 0 Å². The molecular formula is C14H22N2O3. The Kier molecular flexibility index (Phi) is 6.74. The van der Waals surface area contributed by atoms with E-state index in [1.54, 1.807) is 7.11 Å². The Morgan fingerprint density at radius 2 is 1.84 bits per heavy atom. The highest BCUT2D eigenvalue weighted by atomic mass is 16.5. The van der Waals surface area contributed by atoms with Gasteiger partial charge in [-0.1, -0.05) is 0 Å². The van der Waals surface area contributed by atoms with Crippen LogP contribution < -0.4 is 20.1 Å². The van der Waals surface area contributed by atoms with E-state index in [4.69, 9.17) is 9.47 Å². The molecule has 19 heavy (non-hydrogen) atoms. The summed E-state index contributed by atoms with van der Waals surface area (Å²) in [6.45, 7) is 5.32. The van der Waals surface area contributed by atoms with Crippen LogP contribution in [-0.4, -0.2) is 38.8 Å². The van der Waals surface area contributed by atoms with Crippen molar-refractivity contribution in [1.82, 2.24) is 10.6 Å². The van der Waals surface area contributed by atoms with Crippen molar-refractivity contribution in [2.24, 2.45) is 0 Å². The maximum absolute atomic E-state index is 11.3. The fraction of sp³-hybridized carbons (Fsp3) is 0.500. The Morgan fingerprint density at radius 1 is 1.21 bits per heavy atom. The van der Waals surface area contributed by atoms with Gasteiger partial charge in [0.1, 0.15) is 18.1 Å². The van der Waals surface area contributed by atoms with E-state index in [1.165, 1.54) is 0 Å². The molecule has 5 heteroatoms. The van der Waals surface area contributed by atoms with Crippen LogP contribution in [0.1, 0.15) is 13.8 Å². The van der Waals surface area contributed by atoms with Crippen molar-refractivity contribution in [3.8, 4) is 11.5 Å². The standard InChI is InChI=1S/C14H22N2O3/c1-11(2)16-14(17)10-15-8-9-19-13-6-4-12(18-3)5-7-13/h4-7,11,15H,8-10H2,1-3H3,(H,16,17). The first-order valence-electron chi connectivity index (χ1n) is 6.38. The lowest BCUT2D eigenvalue weighted by Crippen LogP contribution is -2.38. The highest BCUT2D eigenvalue weighted by Gasteiger charge is 2.01. The minimum atomic E-state index is -0.000512. The lowest BCUT2D eigenvalue weighted by Gasteiger charge is -2.10. The molecule has 1 aromatic rings. The number of hydrogen-bond donors (Lipinski definition) is 2. The van der Waals surface area contributed by atoms with E-state index < -0.39 is 0 Å². The smallest absolute Gasteiger partial charge is 0.234 e. The quantitative estimate of drug-likeness (QED) is 0.694. The minimum Gasteiger partial charge on any atom is -0.497 e. The maximum Gasteiger partial charge on any atom is 0.234 e. The van der Waals surface area contributed by atoms with Crippen molar-refractivity contribution in [2.45, 2.75) is 19.9 Å². The van der Waals surface area contributed by atoms with Crippen molar-refractivity contribution in [2.75, 3.05) is 26.8 Å². The Hall–Kier alpha value is -1.75. The van der Waals surface area contributed by atoms with Crippen LogP contribution in [0.5, 0.6) is 11.5 Å². The molecule has 0 spiro atoms. The van der Waals surface area contributed by atoms with Crippen LogP contribution in [0.15, 0.2) is 24.3 Å². The third kappa shape index (κ3) is 6.67. The molecule has 1 rings (SSSR count). The lowest BCUT2D eigenvalue weighted by atomic mass is 10.3. The summed E-state index contributed by atoms with van der Waals surface area (Å²) < 4.78 is 10.6. The van der Waals surface area contributed by atoms with Crippen LogP contribution in [0.3, 0.4) is 0 Å². The summed E-state index contributed by atoms with van der Waals surface area (Å²) >= 11 is 0. The van der Waals surface area contributed by atoms with E-state index in [9.17, 15) is 4.79 Å². The van der Waals surface area contributed by atoms with Gasteiger partial charge in [-0.05, 0) is 38.1 Å². The number of carbonyl (C=O) groups is 1. The molecule has 0 unspecified atom stereocenters. The fourth-order valence-electron chi connectivity index (χ4n) is 1.49. The van der Waals surface area contributed by atoms with Crippen LogP contribution in [0.4, 0.5) is 0 Å². The molecule has 0 saturated carbocycles. The monoisotopic (exact) mass is 266 g/mol. The van der Waals surface area contributed by atoms with Crippen LogP contribution >= 0.6 is 0 Å². The zero-order chi connectivity index (χ0) is 14.1. The summed E-state index contributed by atoms with van der Waals surface area (Å²) in [6, 6.07) is 7.57. The Morgan fingerprint density at radius 3 is 2.42 bits per heavy atom. The predicted octanol–water partition coefficient (Wildman–Crippen LogP) is 1.19. The van der Waals surface area contributed by atoms with Gasteiger partial charge in [0.05, 0.1) is 13.7 Å². The van der Waals surface area contributed by atoms with Gasteiger partial charge >= 0.3 is 0 Å². The molecule has 0 heterocycles. The Labute approximate surface area is 114 Å². The van der Waals surface area contributed by atoms with Crippen LogP contribution in [0.25, 0.3) is 0 Å². The summed E-state index contributed by atoms with van der Waals surface area (Å²) in [4.78, 5) is 11.3.